The van der Waals surface area contributed by atoms with Crippen LogP contribution >= 0.6 is 15.9 Å². The molecule has 1 nitrogen and oxygen atoms in total. The number of hydrogen-bond donors (Lipinski definition) is 1. The topological polar surface area (TPSA) is 26.0 Å². The van der Waals surface area contributed by atoms with Crippen LogP contribution in [0.25, 0.3) is 0 Å². The first-order chi connectivity index (χ1) is 9.63. The van der Waals surface area contributed by atoms with Crippen molar-refractivity contribution in [1.29, 1.82) is 0 Å². The number of rotatable bonds is 5. The van der Waals surface area contributed by atoms with Gasteiger partial charge in [-0.25, -0.2) is 4.39 Å². The van der Waals surface area contributed by atoms with Gasteiger partial charge in [0.1, 0.15) is 5.82 Å². The second-order valence-electron chi connectivity index (χ2n) is 4.97. The van der Waals surface area contributed by atoms with Gasteiger partial charge in [0.05, 0.1) is 10.5 Å². The smallest absolute Gasteiger partial charge is 0.137 e. The Morgan fingerprint density at radius 1 is 1.15 bits per heavy atom. The van der Waals surface area contributed by atoms with Gasteiger partial charge in [-0.15, -0.1) is 0 Å². The molecule has 0 saturated heterocycles. The molecule has 0 fully saturated rings. The van der Waals surface area contributed by atoms with E-state index >= 15 is 0 Å². The molecule has 0 aliphatic heterocycles. The summed E-state index contributed by atoms with van der Waals surface area (Å²) in [5.74, 6) is -0.280. The molecule has 0 amide bonds. The SMILES string of the molecule is CCCCc1ccc(C(N)c2cccc(F)c2Br)cc1. The molecule has 3 heteroatoms. The van der Waals surface area contributed by atoms with Crippen molar-refractivity contribution in [3.05, 3.63) is 69.4 Å². The van der Waals surface area contributed by atoms with Crippen LogP contribution in [-0.4, -0.2) is 0 Å². The number of aryl methyl sites for hydroxylation is 1. The average Bonchev–Trinajstić information content (AvgIpc) is 2.48. The second kappa shape index (κ2) is 7.00. The van der Waals surface area contributed by atoms with E-state index in [1.807, 2.05) is 18.2 Å². The van der Waals surface area contributed by atoms with E-state index in [0.717, 1.165) is 17.5 Å². The van der Waals surface area contributed by atoms with Gasteiger partial charge in [0.25, 0.3) is 0 Å². The predicted molar refractivity (Wildman–Crippen MR) is 85.2 cm³/mol. The van der Waals surface area contributed by atoms with Crippen molar-refractivity contribution in [3.8, 4) is 0 Å². The molecule has 2 aromatic rings. The molecule has 2 aromatic carbocycles. The minimum absolute atomic E-state index is 0.280. The van der Waals surface area contributed by atoms with Crippen molar-refractivity contribution >= 4 is 15.9 Å². The predicted octanol–water partition coefficient (Wildman–Crippen LogP) is 4.98. The van der Waals surface area contributed by atoms with Crippen LogP contribution in [0.2, 0.25) is 0 Å². The fourth-order valence-corrected chi connectivity index (χ4v) is 2.72. The van der Waals surface area contributed by atoms with Crippen LogP contribution in [0.1, 0.15) is 42.5 Å². The number of benzene rings is 2. The summed E-state index contributed by atoms with van der Waals surface area (Å²) < 4.78 is 14.0. The van der Waals surface area contributed by atoms with Gasteiger partial charge in [0.2, 0.25) is 0 Å². The fourth-order valence-electron chi connectivity index (χ4n) is 2.21. The summed E-state index contributed by atoms with van der Waals surface area (Å²) in [5, 5.41) is 0. The molecule has 0 aliphatic rings. The minimum Gasteiger partial charge on any atom is -0.320 e. The summed E-state index contributed by atoms with van der Waals surface area (Å²) in [7, 11) is 0. The zero-order valence-electron chi connectivity index (χ0n) is 11.6. The Labute approximate surface area is 128 Å². The lowest BCUT2D eigenvalue weighted by Crippen LogP contribution is -2.13. The summed E-state index contributed by atoms with van der Waals surface area (Å²) >= 11 is 3.27. The molecule has 1 unspecified atom stereocenters. The summed E-state index contributed by atoms with van der Waals surface area (Å²) in [4.78, 5) is 0. The van der Waals surface area contributed by atoms with Crippen molar-refractivity contribution in [2.24, 2.45) is 5.73 Å². The Kier molecular flexibility index (Phi) is 5.32. The molecular formula is C17H19BrFN. The van der Waals surface area contributed by atoms with Gasteiger partial charge in [-0.2, -0.15) is 0 Å². The van der Waals surface area contributed by atoms with Crippen LogP contribution in [-0.2, 0) is 6.42 Å². The number of hydrogen-bond acceptors (Lipinski definition) is 1. The van der Waals surface area contributed by atoms with E-state index in [-0.39, 0.29) is 11.9 Å². The standard InChI is InChI=1S/C17H19BrFN/c1-2-3-5-12-8-10-13(11-9-12)17(20)14-6-4-7-15(19)16(14)18/h4,6-11,17H,2-3,5,20H2,1H3. The van der Waals surface area contributed by atoms with Crippen LogP contribution in [0, 0.1) is 5.82 Å². The first-order valence-electron chi connectivity index (χ1n) is 6.91. The lowest BCUT2D eigenvalue weighted by Gasteiger charge is -2.15. The van der Waals surface area contributed by atoms with Gasteiger partial charge in [-0.05, 0) is 51.5 Å². The molecule has 20 heavy (non-hydrogen) atoms. The van der Waals surface area contributed by atoms with E-state index in [0.29, 0.717) is 4.47 Å². The highest BCUT2D eigenvalue weighted by Crippen LogP contribution is 2.29. The quantitative estimate of drug-likeness (QED) is 0.819. The van der Waals surface area contributed by atoms with E-state index in [1.165, 1.54) is 24.5 Å². The van der Waals surface area contributed by atoms with Gasteiger partial charge in [-0.3, -0.25) is 0 Å². The molecular weight excluding hydrogens is 317 g/mol. The molecule has 0 bridgehead atoms. The maximum absolute atomic E-state index is 13.6. The van der Waals surface area contributed by atoms with Crippen molar-refractivity contribution < 1.29 is 4.39 Å². The van der Waals surface area contributed by atoms with Crippen molar-refractivity contribution in [3.63, 3.8) is 0 Å². The lowest BCUT2D eigenvalue weighted by atomic mass is 9.97. The van der Waals surface area contributed by atoms with Crippen LogP contribution in [0.4, 0.5) is 4.39 Å². The van der Waals surface area contributed by atoms with E-state index in [2.05, 4.69) is 35.0 Å². The number of halogens is 2. The highest BCUT2D eigenvalue weighted by molar-refractivity contribution is 9.10. The first-order valence-corrected chi connectivity index (χ1v) is 7.71. The Morgan fingerprint density at radius 3 is 2.50 bits per heavy atom. The Morgan fingerprint density at radius 2 is 1.85 bits per heavy atom. The fraction of sp³-hybridized carbons (Fsp3) is 0.294. The third kappa shape index (κ3) is 3.47. The zero-order chi connectivity index (χ0) is 14.5. The second-order valence-corrected chi connectivity index (χ2v) is 5.76. The Balaban J connectivity index is 2.20. The van der Waals surface area contributed by atoms with E-state index < -0.39 is 0 Å². The zero-order valence-corrected chi connectivity index (χ0v) is 13.2. The molecule has 2 N–H and O–H groups in total. The van der Waals surface area contributed by atoms with Gasteiger partial charge in [0, 0.05) is 0 Å². The van der Waals surface area contributed by atoms with Crippen LogP contribution in [0.5, 0.6) is 0 Å². The third-order valence-electron chi connectivity index (χ3n) is 3.47. The summed E-state index contributed by atoms with van der Waals surface area (Å²) in [6, 6.07) is 12.9. The van der Waals surface area contributed by atoms with Crippen LogP contribution < -0.4 is 5.73 Å². The maximum Gasteiger partial charge on any atom is 0.137 e. The maximum atomic E-state index is 13.6. The highest BCUT2D eigenvalue weighted by atomic mass is 79.9. The van der Waals surface area contributed by atoms with Crippen molar-refractivity contribution in [1.82, 2.24) is 0 Å². The molecule has 1 atom stereocenters. The first kappa shape index (κ1) is 15.2. The molecule has 0 aromatic heterocycles. The van der Waals surface area contributed by atoms with Crippen LogP contribution in [0.15, 0.2) is 46.9 Å². The normalized spacial score (nSPS) is 12.4. The molecule has 106 valence electrons. The van der Waals surface area contributed by atoms with Crippen LogP contribution in [0.3, 0.4) is 0 Å². The molecule has 0 saturated carbocycles. The molecule has 0 heterocycles. The van der Waals surface area contributed by atoms with E-state index in [9.17, 15) is 4.39 Å². The van der Waals surface area contributed by atoms with Gasteiger partial charge in [-0.1, -0.05) is 49.7 Å². The monoisotopic (exact) mass is 335 g/mol. The minimum atomic E-state index is -0.319. The third-order valence-corrected chi connectivity index (χ3v) is 4.31. The van der Waals surface area contributed by atoms with E-state index in [1.54, 1.807) is 6.07 Å². The Bertz CT molecular complexity index is 566. The Hall–Kier alpha value is -1.19. The molecule has 0 spiro atoms. The van der Waals surface area contributed by atoms with Crippen molar-refractivity contribution in [2.75, 3.05) is 0 Å². The average molecular weight is 336 g/mol. The summed E-state index contributed by atoms with van der Waals surface area (Å²) in [6.07, 6.45) is 3.48. The van der Waals surface area contributed by atoms with E-state index in [4.69, 9.17) is 5.73 Å². The number of unbranched alkanes of at least 4 members (excludes halogenated alkanes) is 1. The van der Waals surface area contributed by atoms with Gasteiger partial charge in [0.15, 0.2) is 0 Å². The van der Waals surface area contributed by atoms with Gasteiger partial charge < -0.3 is 5.73 Å². The largest absolute Gasteiger partial charge is 0.320 e. The molecule has 2 rings (SSSR count). The molecule has 0 radical (unpaired) electrons. The number of nitrogens with two attached hydrogens (primary N) is 1. The van der Waals surface area contributed by atoms with Crippen molar-refractivity contribution in [2.45, 2.75) is 32.2 Å². The van der Waals surface area contributed by atoms with Gasteiger partial charge >= 0.3 is 0 Å². The molecule has 0 aliphatic carbocycles. The lowest BCUT2D eigenvalue weighted by molar-refractivity contribution is 0.616. The highest BCUT2D eigenvalue weighted by Gasteiger charge is 2.14. The summed E-state index contributed by atoms with van der Waals surface area (Å²) in [6.45, 7) is 2.19. The summed E-state index contributed by atoms with van der Waals surface area (Å²) in [5.41, 5.74) is 9.33.